The zero-order chi connectivity index (χ0) is 26.3. The van der Waals surface area contributed by atoms with Gasteiger partial charge in [-0.25, -0.2) is 0 Å². The first-order chi connectivity index (χ1) is 17.0. The first kappa shape index (κ1) is 27.0. The molecule has 0 aliphatic heterocycles. The summed E-state index contributed by atoms with van der Waals surface area (Å²) in [4.78, 5) is 22.9. The summed E-state index contributed by atoms with van der Waals surface area (Å²) in [6, 6.07) is 24.2. The van der Waals surface area contributed by atoms with Gasteiger partial charge in [0.2, 0.25) is 0 Å². The van der Waals surface area contributed by atoms with E-state index in [2.05, 4.69) is 76.3 Å². The molecule has 0 bridgehead atoms. The van der Waals surface area contributed by atoms with Crippen molar-refractivity contribution >= 4 is 11.9 Å². The number of carboxylic acids is 1. The smallest absolute Gasteiger partial charge is 0.305 e. The third kappa shape index (κ3) is 7.70. The fourth-order valence-electron chi connectivity index (χ4n) is 3.97. The Kier molecular flexibility index (Phi) is 8.92. The van der Waals surface area contributed by atoms with Gasteiger partial charge in [-0.15, -0.1) is 0 Å². The molecular formula is C31H37NO4. The zero-order valence-corrected chi connectivity index (χ0v) is 21.9. The molecule has 5 nitrogen and oxygen atoms in total. The Balaban J connectivity index is 1.70. The maximum atomic E-state index is 12.3. The Hall–Kier alpha value is -3.60. The largest absolute Gasteiger partial charge is 0.486 e. The average Bonchev–Trinajstić information content (AvgIpc) is 2.83. The van der Waals surface area contributed by atoms with Crippen LogP contribution in [0, 0.1) is 5.92 Å². The summed E-state index contributed by atoms with van der Waals surface area (Å²) in [6.45, 7) is 11.1. The Labute approximate surface area is 214 Å². The van der Waals surface area contributed by atoms with Crippen LogP contribution in [-0.4, -0.2) is 23.5 Å². The highest BCUT2D eigenvalue weighted by Crippen LogP contribution is 2.31. The van der Waals surface area contributed by atoms with Gasteiger partial charge in [-0.3, -0.25) is 9.59 Å². The molecule has 3 aromatic carbocycles. The fourth-order valence-corrected chi connectivity index (χ4v) is 3.97. The number of rotatable bonds is 10. The Morgan fingerprint density at radius 2 is 1.42 bits per heavy atom. The topological polar surface area (TPSA) is 75.6 Å². The van der Waals surface area contributed by atoms with Gasteiger partial charge in [0.25, 0.3) is 5.91 Å². The highest BCUT2D eigenvalue weighted by molar-refractivity contribution is 5.94. The highest BCUT2D eigenvalue weighted by atomic mass is 16.5. The van der Waals surface area contributed by atoms with Gasteiger partial charge in [0, 0.05) is 12.1 Å². The molecule has 0 saturated heterocycles. The second-order valence-corrected chi connectivity index (χ2v) is 10.6. The van der Waals surface area contributed by atoms with Gasteiger partial charge in [0.15, 0.2) is 0 Å². The molecule has 0 saturated carbocycles. The maximum Gasteiger partial charge on any atom is 0.305 e. The van der Waals surface area contributed by atoms with E-state index in [1.165, 1.54) is 11.1 Å². The van der Waals surface area contributed by atoms with Crippen LogP contribution in [0.2, 0.25) is 0 Å². The van der Waals surface area contributed by atoms with E-state index in [9.17, 15) is 9.59 Å². The van der Waals surface area contributed by atoms with Crippen LogP contribution in [0.5, 0.6) is 5.75 Å². The van der Waals surface area contributed by atoms with Crippen LogP contribution in [0.1, 0.15) is 75.0 Å². The van der Waals surface area contributed by atoms with Crippen LogP contribution < -0.4 is 10.1 Å². The number of hydrogen-bond donors (Lipinski definition) is 2. The highest BCUT2D eigenvalue weighted by Gasteiger charge is 2.17. The van der Waals surface area contributed by atoms with Crippen LogP contribution in [0.25, 0.3) is 11.1 Å². The molecular weight excluding hydrogens is 450 g/mol. The second-order valence-electron chi connectivity index (χ2n) is 10.6. The molecule has 3 aromatic rings. The lowest BCUT2D eigenvalue weighted by atomic mass is 9.86. The van der Waals surface area contributed by atoms with E-state index < -0.39 is 5.97 Å². The summed E-state index contributed by atoms with van der Waals surface area (Å²) in [5, 5.41) is 11.4. The molecule has 0 aliphatic carbocycles. The standard InChI is InChI=1S/C31H37NO4/c1-21(2)20-28(24-6-8-25(9-7-24)30(35)32-19-18-29(33)34)36-27-16-12-23(13-17-27)22-10-14-26(15-11-22)31(3,4)5/h6-17,21,28H,18-20H2,1-5H3,(H,32,35)(H,33,34). The fraction of sp³-hybridized carbons (Fsp3) is 0.355. The summed E-state index contributed by atoms with van der Waals surface area (Å²) in [5.74, 6) is 0.00171. The first-order valence-corrected chi connectivity index (χ1v) is 12.5. The lowest BCUT2D eigenvalue weighted by molar-refractivity contribution is -0.136. The van der Waals surface area contributed by atoms with Gasteiger partial charge in [-0.1, -0.05) is 83.1 Å². The number of carbonyl (C=O) groups excluding carboxylic acids is 1. The number of nitrogens with one attached hydrogen (secondary N) is 1. The molecule has 3 rings (SSSR count). The molecule has 0 aromatic heterocycles. The van der Waals surface area contributed by atoms with E-state index in [1.54, 1.807) is 12.1 Å². The number of aliphatic carboxylic acids is 1. The van der Waals surface area contributed by atoms with E-state index >= 15 is 0 Å². The number of carboxylic acid groups (broad SMARTS) is 1. The van der Waals surface area contributed by atoms with Crippen molar-refractivity contribution in [2.75, 3.05) is 6.54 Å². The van der Waals surface area contributed by atoms with Crippen molar-refractivity contribution < 1.29 is 19.4 Å². The molecule has 0 spiro atoms. The van der Waals surface area contributed by atoms with E-state index in [0.717, 1.165) is 23.3 Å². The Morgan fingerprint density at radius 3 is 1.92 bits per heavy atom. The SMILES string of the molecule is CC(C)CC(Oc1ccc(-c2ccc(C(C)(C)C)cc2)cc1)c1ccc(C(=O)NCCC(=O)O)cc1. The summed E-state index contributed by atoms with van der Waals surface area (Å²) in [5.41, 5.74) is 5.24. The van der Waals surface area contributed by atoms with Crippen molar-refractivity contribution in [1.82, 2.24) is 5.32 Å². The van der Waals surface area contributed by atoms with Gasteiger partial charge in [-0.05, 0) is 64.3 Å². The number of amides is 1. The monoisotopic (exact) mass is 487 g/mol. The van der Waals surface area contributed by atoms with Crippen LogP contribution in [0.15, 0.2) is 72.8 Å². The minimum Gasteiger partial charge on any atom is -0.486 e. The van der Waals surface area contributed by atoms with E-state index in [4.69, 9.17) is 9.84 Å². The summed E-state index contributed by atoms with van der Waals surface area (Å²) >= 11 is 0. The summed E-state index contributed by atoms with van der Waals surface area (Å²) < 4.78 is 6.39. The normalized spacial score (nSPS) is 12.3. The number of benzene rings is 3. The van der Waals surface area contributed by atoms with Crippen molar-refractivity contribution in [3.8, 4) is 16.9 Å². The molecule has 5 heteroatoms. The molecule has 190 valence electrons. The number of ether oxygens (including phenoxy) is 1. The number of carbonyl (C=O) groups is 2. The minimum absolute atomic E-state index is 0.102. The van der Waals surface area contributed by atoms with Crippen LogP contribution in [-0.2, 0) is 10.2 Å². The molecule has 1 unspecified atom stereocenters. The van der Waals surface area contributed by atoms with Crippen molar-refractivity contribution in [2.45, 2.75) is 59.0 Å². The van der Waals surface area contributed by atoms with Crippen LogP contribution >= 0.6 is 0 Å². The third-order valence-corrected chi connectivity index (χ3v) is 6.07. The maximum absolute atomic E-state index is 12.3. The molecule has 36 heavy (non-hydrogen) atoms. The van der Waals surface area contributed by atoms with Gasteiger partial charge >= 0.3 is 5.97 Å². The van der Waals surface area contributed by atoms with Gasteiger partial charge in [0.1, 0.15) is 11.9 Å². The van der Waals surface area contributed by atoms with Gasteiger partial charge in [-0.2, -0.15) is 0 Å². The van der Waals surface area contributed by atoms with Crippen molar-refractivity contribution in [3.63, 3.8) is 0 Å². The molecule has 0 fully saturated rings. The Morgan fingerprint density at radius 1 is 0.861 bits per heavy atom. The van der Waals surface area contributed by atoms with Crippen molar-refractivity contribution in [2.24, 2.45) is 5.92 Å². The third-order valence-electron chi connectivity index (χ3n) is 6.07. The lowest BCUT2D eigenvalue weighted by Gasteiger charge is -2.22. The summed E-state index contributed by atoms with van der Waals surface area (Å²) in [6.07, 6.45) is 0.584. The lowest BCUT2D eigenvalue weighted by Crippen LogP contribution is -2.26. The van der Waals surface area contributed by atoms with Gasteiger partial charge < -0.3 is 15.2 Å². The van der Waals surface area contributed by atoms with Crippen LogP contribution in [0.3, 0.4) is 0 Å². The quantitative estimate of drug-likeness (QED) is 0.322. The van der Waals surface area contributed by atoms with Crippen molar-refractivity contribution in [3.05, 3.63) is 89.5 Å². The van der Waals surface area contributed by atoms with Crippen molar-refractivity contribution in [1.29, 1.82) is 0 Å². The molecule has 1 amide bonds. The minimum atomic E-state index is -0.939. The molecule has 0 heterocycles. The van der Waals surface area contributed by atoms with E-state index in [0.29, 0.717) is 11.5 Å². The molecule has 1 atom stereocenters. The molecule has 0 radical (unpaired) electrons. The average molecular weight is 488 g/mol. The predicted molar refractivity (Wildman–Crippen MR) is 144 cm³/mol. The van der Waals surface area contributed by atoms with E-state index in [-0.39, 0.29) is 30.4 Å². The van der Waals surface area contributed by atoms with Crippen LogP contribution in [0.4, 0.5) is 0 Å². The molecule has 2 N–H and O–H groups in total. The van der Waals surface area contributed by atoms with Gasteiger partial charge in [0.05, 0.1) is 6.42 Å². The zero-order valence-electron chi connectivity index (χ0n) is 21.9. The number of hydrogen-bond acceptors (Lipinski definition) is 3. The molecule has 0 aliphatic rings. The Bertz CT molecular complexity index is 1140. The van der Waals surface area contributed by atoms with E-state index in [1.807, 2.05) is 24.3 Å². The summed E-state index contributed by atoms with van der Waals surface area (Å²) in [7, 11) is 0. The predicted octanol–water partition coefficient (Wildman–Crippen LogP) is 7.02. The second kappa shape index (κ2) is 11.9. The first-order valence-electron chi connectivity index (χ1n) is 12.5.